The van der Waals surface area contributed by atoms with Crippen molar-refractivity contribution in [2.24, 2.45) is 5.92 Å². The molecule has 2 aromatic rings. The highest BCUT2D eigenvalue weighted by atomic mass is 35.5. The molecule has 0 saturated heterocycles. The highest BCUT2D eigenvalue weighted by molar-refractivity contribution is 7.98. The average molecular weight is 434 g/mol. The predicted molar refractivity (Wildman–Crippen MR) is 116 cm³/mol. The summed E-state index contributed by atoms with van der Waals surface area (Å²) in [5, 5.41) is 3.23. The zero-order valence-corrected chi connectivity index (χ0v) is 17.9. The molecule has 1 unspecified atom stereocenters. The third-order valence-corrected chi connectivity index (χ3v) is 5.57. The summed E-state index contributed by atoms with van der Waals surface area (Å²) >= 11 is 7.55. The Morgan fingerprint density at radius 2 is 1.66 bits per heavy atom. The van der Waals surface area contributed by atoms with Gasteiger partial charge in [0.1, 0.15) is 0 Å². The van der Waals surface area contributed by atoms with Crippen LogP contribution in [0.5, 0.6) is 0 Å². The molecule has 154 valence electrons. The number of hydrogen-bond donors (Lipinski definition) is 3. The van der Waals surface area contributed by atoms with Gasteiger partial charge < -0.3 is 5.32 Å². The van der Waals surface area contributed by atoms with Crippen LogP contribution in [-0.4, -0.2) is 24.3 Å². The first-order valence-corrected chi connectivity index (χ1v) is 10.6. The van der Waals surface area contributed by atoms with Crippen molar-refractivity contribution < 1.29 is 14.4 Å². The first-order chi connectivity index (χ1) is 13.9. The lowest BCUT2D eigenvalue weighted by Gasteiger charge is -2.11. The summed E-state index contributed by atoms with van der Waals surface area (Å²) in [6, 6.07) is 14.8. The van der Waals surface area contributed by atoms with Gasteiger partial charge in [0.2, 0.25) is 5.91 Å². The maximum absolute atomic E-state index is 12.1. The van der Waals surface area contributed by atoms with Gasteiger partial charge in [0.05, 0.1) is 6.54 Å². The molecule has 1 atom stereocenters. The second-order valence-corrected chi connectivity index (χ2v) is 7.95. The summed E-state index contributed by atoms with van der Waals surface area (Å²) in [7, 11) is 0. The molecule has 0 aliphatic heterocycles. The SMILES string of the molecule is CCC(C)C(=O)NCC(=O)NNC(=O)c1ccc(CSc2ccc(Cl)cc2)cc1. The highest BCUT2D eigenvalue weighted by Crippen LogP contribution is 2.24. The van der Waals surface area contributed by atoms with Gasteiger partial charge in [-0.3, -0.25) is 25.2 Å². The number of carbonyl (C=O) groups is 3. The number of hydrazine groups is 1. The van der Waals surface area contributed by atoms with Crippen LogP contribution in [0.15, 0.2) is 53.4 Å². The van der Waals surface area contributed by atoms with E-state index in [2.05, 4.69) is 16.2 Å². The molecule has 0 heterocycles. The zero-order valence-electron chi connectivity index (χ0n) is 16.3. The fraction of sp³-hybridized carbons (Fsp3) is 0.286. The van der Waals surface area contributed by atoms with Gasteiger partial charge in [-0.05, 0) is 48.4 Å². The molecule has 3 amide bonds. The van der Waals surface area contributed by atoms with Crippen molar-refractivity contribution in [3.05, 3.63) is 64.7 Å². The monoisotopic (exact) mass is 433 g/mol. The van der Waals surface area contributed by atoms with Crippen LogP contribution in [0, 0.1) is 5.92 Å². The molecule has 6 nitrogen and oxygen atoms in total. The van der Waals surface area contributed by atoms with Crippen molar-refractivity contribution in [1.29, 1.82) is 0 Å². The number of benzene rings is 2. The van der Waals surface area contributed by atoms with Crippen LogP contribution < -0.4 is 16.2 Å². The minimum absolute atomic E-state index is 0.159. The third kappa shape index (κ3) is 7.79. The summed E-state index contributed by atoms with van der Waals surface area (Å²) in [6.45, 7) is 3.49. The van der Waals surface area contributed by atoms with Crippen molar-refractivity contribution in [1.82, 2.24) is 16.2 Å². The van der Waals surface area contributed by atoms with E-state index in [-0.39, 0.29) is 18.4 Å². The van der Waals surface area contributed by atoms with Crippen molar-refractivity contribution in [2.45, 2.75) is 30.9 Å². The summed E-state index contributed by atoms with van der Waals surface area (Å²) in [5.41, 5.74) is 6.12. The quantitative estimate of drug-likeness (QED) is 0.439. The molecular formula is C21H24ClN3O3S. The number of hydrogen-bond acceptors (Lipinski definition) is 4. The summed E-state index contributed by atoms with van der Waals surface area (Å²) < 4.78 is 0. The second-order valence-electron chi connectivity index (χ2n) is 6.47. The maximum atomic E-state index is 12.1. The Labute approximate surface area is 179 Å². The summed E-state index contributed by atoms with van der Waals surface area (Å²) in [4.78, 5) is 36.6. The van der Waals surface area contributed by atoms with Crippen LogP contribution >= 0.6 is 23.4 Å². The van der Waals surface area contributed by atoms with Gasteiger partial charge in [-0.2, -0.15) is 0 Å². The zero-order chi connectivity index (χ0) is 21.2. The van der Waals surface area contributed by atoms with E-state index < -0.39 is 11.8 Å². The van der Waals surface area contributed by atoms with E-state index in [9.17, 15) is 14.4 Å². The van der Waals surface area contributed by atoms with E-state index >= 15 is 0 Å². The lowest BCUT2D eigenvalue weighted by Crippen LogP contribution is -2.47. The number of rotatable bonds is 8. The van der Waals surface area contributed by atoms with E-state index in [1.54, 1.807) is 30.8 Å². The fourth-order valence-electron chi connectivity index (χ4n) is 2.22. The molecule has 29 heavy (non-hydrogen) atoms. The molecule has 0 aromatic heterocycles. The normalized spacial score (nSPS) is 11.4. The number of nitrogens with one attached hydrogen (secondary N) is 3. The third-order valence-electron chi connectivity index (χ3n) is 4.23. The molecule has 0 aliphatic carbocycles. The molecule has 0 bridgehead atoms. The van der Waals surface area contributed by atoms with Crippen molar-refractivity contribution in [3.8, 4) is 0 Å². The van der Waals surface area contributed by atoms with Crippen LogP contribution in [0.1, 0.15) is 36.2 Å². The number of amides is 3. The van der Waals surface area contributed by atoms with Crippen LogP contribution in [0.3, 0.4) is 0 Å². The van der Waals surface area contributed by atoms with Gasteiger partial charge in [0, 0.05) is 27.2 Å². The van der Waals surface area contributed by atoms with Crippen LogP contribution in [-0.2, 0) is 15.3 Å². The van der Waals surface area contributed by atoms with Gasteiger partial charge in [0.15, 0.2) is 0 Å². The van der Waals surface area contributed by atoms with E-state index in [0.29, 0.717) is 17.0 Å². The Morgan fingerprint density at radius 1 is 1.00 bits per heavy atom. The molecule has 0 aliphatic rings. The Morgan fingerprint density at radius 3 is 2.28 bits per heavy atom. The van der Waals surface area contributed by atoms with Gasteiger partial charge >= 0.3 is 0 Å². The number of carbonyl (C=O) groups excluding carboxylic acids is 3. The molecule has 0 saturated carbocycles. The van der Waals surface area contributed by atoms with E-state index in [1.165, 1.54) is 0 Å². The lowest BCUT2D eigenvalue weighted by atomic mass is 10.1. The van der Waals surface area contributed by atoms with Crippen LogP contribution in [0.4, 0.5) is 0 Å². The van der Waals surface area contributed by atoms with Gasteiger partial charge in [-0.1, -0.05) is 37.6 Å². The molecule has 0 radical (unpaired) electrons. The summed E-state index contributed by atoms with van der Waals surface area (Å²) in [6.07, 6.45) is 0.693. The Hall–Kier alpha value is -2.51. The average Bonchev–Trinajstić information content (AvgIpc) is 2.75. The molecule has 2 rings (SSSR count). The highest BCUT2D eigenvalue weighted by Gasteiger charge is 2.12. The number of thioether (sulfide) groups is 1. The van der Waals surface area contributed by atoms with Crippen molar-refractivity contribution >= 4 is 41.1 Å². The first-order valence-electron chi connectivity index (χ1n) is 9.23. The van der Waals surface area contributed by atoms with Crippen molar-refractivity contribution in [2.75, 3.05) is 6.54 Å². The van der Waals surface area contributed by atoms with Crippen molar-refractivity contribution in [3.63, 3.8) is 0 Å². The molecule has 0 fully saturated rings. The summed E-state index contributed by atoms with van der Waals surface area (Å²) in [5.74, 6) is -0.514. The molecular weight excluding hydrogens is 410 g/mol. The Balaban J connectivity index is 1.75. The van der Waals surface area contributed by atoms with Gasteiger partial charge in [-0.25, -0.2) is 0 Å². The Kier molecular flexibility index (Phi) is 9.02. The van der Waals surface area contributed by atoms with E-state index in [1.807, 2.05) is 43.3 Å². The van der Waals surface area contributed by atoms with Gasteiger partial charge in [-0.15, -0.1) is 11.8 Å². The topological polar surface area (TPSA) is 87.3 Å². The molecule has 2 aromatic carbocycles. The Bertz CT molecular complexity index is 841. The second kappa shape index (κ2) is 11.5. The first kappa shape index (κ1) is 22.8. The maximum Gasteiger partial charge on any atom is 0.269 e. The van der Waals surface area contributed by atoms with E-state index in [0.717, 1.165) is 16.2 Å². The minimum atomic E-state index is -0.494. The largest absolute Gasteiger partial charge is 0.347 e. The minimum Gasteiger partial charge on any atom is -0.347 e. The lowest BCUT2D eigenvalue weighted by molar-refractivity contribution is -0.128. The molecule has 0 spiro atoms. The van der Waals surface area contributed by atoms with E-state index in [4.69, 9.17) is 11.6 Å². The number of halogens is 1. The van der Waals surface area contributed by atoms with Crippen LogP contribution in [0.25, 0.3) is 0 Å². The fourth-order valence-corrected chi connectivity index (χ4v) is 3.20. The molecule has 3 N–H and O–H groups in total. The smallest absolute Gasteiger partial charge is 0.269 e. The van der Waals surface area contributed by atoms with Crippen LogP contribution in [0.2, 0.25) is 5.02 Å². The predicted octanol–water partition coefficient (Wildman–Crippen LogP) is 3.56. The standard InChI is InChI=1S/C21H24ClN3O3S/c1-3-14(2)20(27)23-12-19(26)24-25-21(28)16-6-4-15(5-7-16)13-29-18-10-8-17(22)9-11-18/h4-11,14H,3,12-13H2,1-2H3,(H,23,27)(H,24,26)(H,25,28). The van der Waals surface area contributed by atoms with Gasteiger partial charge in [0.25, 0.3) is 11.8 Å². The molecule has 8 heteroatoms.